The SMILES string of the molecule is CC(=O)CC(CC(=O)[C@@H]1CCCN(C(=O)CCC2CCN(C(=O)OC(C)(C)C)CC2)C1)c1cccc(OCCOCCOCC[18F])c1. The quantitative estimate of drug-likeness (QED) is 0.183. The Morgan fingerprint density at radius 2 is 1.62 bits per heavy atom. The second-order valence-electron chi connectivity index (χ2n) is 13.7. The first-order valence-electron chi connectivity index (χ1n) is 17.2. The lowest BCUT2D eigenvalue weighted by Crippen LogP contribution is -2.43. The second kappa shape index (κ2) is 19.7. The molecule has 0 aliphatic carbocycles. The van der Waals surface area contributed by atoms with E-state index in [1.54, 1.807) is 4.90 Å². The molecule has 0 aromatic heterocycles. The Hall–Kier alpha value is -3.05. The lowest BCUT2D eigenvalue weighted by molar-refractivity contribution is -0.135. The first kappa shape index (κ1) is 38.4. The Balaban J connectivity index is 1.46. The molecule has 0 spiro atoms. The number of nitrogens with zero attached hydrogens (tertiary/aromatic N) is 2. The van der Waals surface area contributed by atoms with Crippen LogP contribution in [0.15, 0.2) is 24.3 Å². The maximum atomic E-state index is 13.6. The molecule has 0 bridgehead atoms. The van der Waals surface area contributed by atoms with Crippen molar-refractivity contribution in [3.05, 3.63) is 29.8 Å². The van der Waals surface area contributed by atoms with Crippen molar-refractivity contribution >= 4 is 23.6 Å². The van der Waals surface area contributed by atoms with Crippen LogP contribution in [0.3, 0.4) is 0 Å². The molecule has 2 fully saturated rings. The summed E-state index contributed by atoms with van der Waals surface area (Å²) in [5.74, 6) is 0.666. The van der Waals surface area contributed by atoms with Gasteiger partial charge in [-0.15, -0.1) is 0 Å². The van der Waals surface area contributed by atoms with Crippen LogP contribution in [0.4, 0.5) is 9.18 Å². The molecule has 3 rings (SSSR count). The van der Waals surface area contributed by atoms with Crippen LogP contribution in [-0.4, -0.2) is 105 Å². The van der Waals surface area contributed by atoms with Gasteiger partial charge in [0, 0.05) is 51.4 Å². The van der Waals surface area contributed by atoms with E-state index in [0.717, 1.165) is 37.7 Å². The number of hydrogen-bond donors (Lipinski definition) is 0. The normalized spacial score (nSPS) is 18.1. The van der Waals surface area contributed by atoms with Crippen LogP contribution in [0, 0.1) is 11.8 Å². The van der Waals surface area contributed by atoms with Gasteiger partial charge in [-0.05, 0) is 89.3 Å². The molecule has 10 nitrogen and oxygen atoms in total. The van der Waals surface area contributed by atoms with Crippen LogP contribution in [0.5, 0.6) is 5.75 Å². The van der Waals surface area contributed by atoms with E-state index in [0.29, 0.717) is 70.7 Å². The molecule has 0 radical (unpaired) electrons. The first-order valence-corrected chi connectivity index (χ1v) is 17.2. The van der Waals surface area contributed by atoms with Crippen molar-refractivity contribution in [3.63, 3.8) is 0 Å². The average molecular weight is 662 g/mol. The molecule has 264 valence electrons. The monoisotopic (exact) mass is 661 g/mol. The highest BCUT2D eigenvalue weighted by atomic mass is 18.2. The van der Waals surface area contributed by atoms with Gasteiger partial charge in [0.2, 0.25) is 5.91 Å². The van der Waals surface area contributed by atoms with Gasteiger partial charge in [-0.1, -0.05) is 12.1 Å². The molecule has 2 saturated heterocycles. The number of piperidine rings is 2. The fraction of sp³-hybridized carbons (Fsp3) is 0.722. The van der Waals surface area contributed by atoms with Crippen LogP contribution in [0.1, 0.15) is 90.5 Å². The van der Waals surface area contributed by atoms with E-state index in [2.05, 4.69) is 0 Å². The zero-order valence-corrected chi connectivity index (χ0v) is 28.8. The molecule has 1 aromatic carbocycles. The summed E-state index contributed by atoms with van der Waals surface area (Å²) < 4.78 is 33.9. The number of alkyl halides is 1. The number of hydrogen-bond acceptors (Lipinski definition) is 8. The fourth-order valence-corrected chi connectivity index (χ4v) is 6.20. The summed E-state index contributed by atoms with van der Waals surface area (Å²) in [6.45, 7) is 10.4. The molecule has 0 saturated carbocycles. The summed E-state index contributed by atoms with van der Waals surface area (Å²) in [5, 5.41) is 0. The van der Waals surface area contributed by atoms with Gasteiger partial charge in [-0.3, -0.25) is 9.59 Å². The van der Waals surface area contributed by atoms with Gasteiger partial charge in [0.1, 0.15) is 36.2 Å². The van der Waals surface area contributed by atoms with Gasteiger partial charge < -0.3 is 33.5 Å². The number of carbonyl (C=O) groups is 4. The van der Waals surface area contributed by atoms with Gasteiger partial charge in [-0.25, -0.2) is 9.18 Å². The van der Waals surface area contributed by atoms with Gasteiger partial charge in [0.05, 0.1) is 26.4 Å². The molecule has 2 atom stereocenters. The number of Topliss-reactive ketones (excluding diaryl/α,β-unsaturated/α-hetero) is 2. The summed E-state index contributed by atoms with van der Waals surface area (Å²) in [7, 11) is 0. The van der Waals surface area contributed by atoms with Crippen molar-refractivity contribution in [1.82, 2.24) is 9.80 Å². The van der Waals surface area contributed by atoms with Crippen molar-refractivity contribution < 1.29 is 42.5 Å². The highest BCUT2D eigenvalue weighted by molar-refractivity contribution is 5.85. The van der Waals surface area contributed by atoms with Crippen LogP contribution < -0.4 is 4.74 Å². The summed E-state index contributed by atoms with van der Waals surface area (Å²) in [4.78, 5) is 54.9. The zero-order chi connectivity index (χ0) is 34.2. The summed E-state index contributed by atoms with van der Waals surface area (Å²) >= 11 is 0. The van der Waals surface area contributed by atoms with E-state index in [4.69, 9.17) is 18.9 Å². The van der Waals surface area contributed by atoms with Crippen LogP contribution >= 0.6 is 0 Å². The summed E-state index contributed by atoms with van der Waals surface area (Å²) in [6.07, 6.45) is 4.63. The maximum absolute atomic E-state index is 13.6. The van der Waals surface area contributed by atoms with Gasteiger partial charge in [0.25, 0.3) is 0 Å². The lowest BCUT2D eigenvalue weighted by Gasteiger charge is -2.35. The van der Waals surface area contributed by atoms with Crippen LogP contribution in [-0.2, 0) is 28.6 Å². The molecule has 2 heterocycles. The minimum atomic E-state index is -0.519. The summed E-state index contributed by atoms with van der Waals surface area (Å²) in [6, 6.07) is 7.48. The number of ketones is 2. The number of likely N-dealkylation sites (tertiary alicyclic amines) is 2. The third kappa shape index (κ3) is 14.3. The van der Waals surface area contributed by atoms with Crippen molar-refractivity contribution in [1.29, 1.82) is 0 Å². The highest BCUT2D eigenvalue weighted by Gasteiger charge is 2.32. The third-order valence-corrected chi connectivity index (χ3v) is 8.66. The van der Waals surface area contributed by atoms with Crippen molar-refractivity contribution in [2.75, 3.05) is 65.9 Å². The van der Waals surface area contributed by atoms with Gasteiger partial charge >= 0.3 is 6.09 Å². The largest absolute Gasteiger partial charge is 0.491 e. The first-order chi connectivity index (χ1) is 22.4. The van der Waals surface area contributed by atoms with E-state index in [1.165, 1.54) is 6.92 Å². The Morgan fingerprint density at radius 1 is 0.915 bits per heavy atom. The smallest absolute Gasteiger partial charge is 0.410 e. The molecule has 2 aliphatic heterocycles. The number of halogens is 1. The number of benzene rings is 1. The maximum Gasteiger partial charge on any atom is 0.410 e. The summed E-state index contributed by atoms with van der Waals surface area (Å²) in [5.41, 5.74) is 0.350. The van der Waals surface area contributed by atoms with Crippen molar-refractivity contribution in [2.24, 2.45) is 11.8 Å². The molecular weight excluding hydrogens is 606 g/mol. The Labute approximate surface area is 279 Å². The Bertz CT molecular complexity index is 1150. The topological polar surface area (TPSA) is 112 Å². The third-order valence-electron chi connectivity index (χ3n) is 8.66. The number of rotatable bonds is 18. The Morgan fingerprint density at radius 3 is 2.30 bits per heavy atom. The minimum Gasteiger partial charge on any atom is -0.491 e. The average Bonchev–Trinajstić information content (AvgIpc) is 3.04. The zero-order valence-electron chi connectivity index (χ0n) is 28.8. The van der Waals surface area contributed by atoms with E-state index in [9.17, 15) is 23.6 Å². The van der Waals surface area contributed by atoms with E-state index >= 15 is 0 Å². The number of carbonyl (C=O) groups excluding carboxylic acids is 4. The highest BCUT2D eigenvalue weighted by Crippen LogP contribution is 2.31. The second-order valence-corrected chi connectivity index (χ2v) is 13.7. The minimum absolute atomic E-state index is 0.00915. The predicted octanol–water partition coefficient (Wildman–Crippen LogP) is 5.76. The molecule has 47 heavy (non-hydrogen) atoms. The van der Waals surface area contributed by atoms with E-state index in [-0.39, 0.29) is 54.9 Å². The van der Waals surface area contributed by atoms with Crippen LogP contribution in [0.25, 0.3) is 0 Å². The number of ether oxygens (including phenoxy) is 4. The standard InChI is InChI=1S/C36H55FN2O8/c1-27(40)23-31(29-7-5-9-32(24-29)46-22-21-45-20-19-44-18-14-37)25-33(41)30-8-6-15-39(26-30)34(42)11-10-28-12-16-38(17-13-28)35(43)47-36(2,3)4/h5,7,9,24,28,30-31H,6,8,10-23,25-26H2,1-4H3/t30-,31?/m1/s1/i37-1. The van der Waals surface area contributed by atoms with Gasteiger partial charge in [-0.2, -0.15) is 0 Å². The fourth-order valence-electron chi connectivity index (χ4n) is 6.20. The molecule has 1 unspecified atom stereocenters. The molecule has 2 aliphatic rings. The number of amides is 2. The van der Waals surface area contributed by atoms with Crippen LogP contribution in [0.2, 0.25) is 0 Å². The molecule has 2 amide bonds. The molecular formula is C36H55FN2O8. The Kier molecular flexibility index (Phi) is 16.1. The predicted molar refractivity (Wildman–Crippen MR) is 176 cm³/mol. The lowest BCUT2D eigenvalue weighted by atomic mass is 9.83. The molecule has 0 N–H and O–H groups in total. The van der Waals surface area contributed by atoms with Crippen molar-refractivity contribution in [2.45, 2.75) is 90.6 Å². The van der Waals surface area contributed by atoms with Gasteiger partial charge in [0.15, 0.2) is 0 Å². The van der Waals surface area contributed by atoms with E-state index in [1.807, 2.05) is 49.9 Å². The molecule has 11 heteroatoms. The molecule has 1 aromatic rings. The van der Waals surface area contributed by atoms with Crippen molar-refractivity contribution in [3.8, 4) is 5.75 Å². The van der Waals surface area contributed by atoms with E-state index < -0.39 is 12.3 Å².